The third-order valence-corrected chi connectivity index (χ3v) is 5.29. The van der Waals surface area contributed by atoms with E-state index in [2.05, 4.69) is 20.9 Å². The predicted molar refractivity (Wildman–Crippen MR) is 97.1 cm³/mol. The quantitative estimate of drug-likeness (QED) is 0.668. The molecule has 0 unspecified atom stereocenters. The fourth-order valence-corrected chi connectivity index (χ4v) is 3.89. The molecule has 3 aromatic heterocycles. The van der Waals surface area contributed by atoms with Crippen LogP contribution in [0.4, 0.5) is 0 Å². The summed E-state index contributed by atoms with van der Waals surface area (Å²) in [6, 6.07) is 5.85. The lowest BCUT2D eigenvalue weighted by Gasteiger charge is -2.07. The number of hydrogen-bond acceptors (Lipinski definition) is 6. The first kappa shape index (κ1) is 17.3. The Morgan fingerprint density at radius 2 is 2.00 bits per heavy atom. The standard InChI is InChI=1S/C16H17N5O2S2/c1-10-6-11(2)21(20-10)8-15(23)19-18-14(22)7-12-9-25-16(17-12)13-4-3-5-24-13/h3-6,9H,7-8H2,1-2H3,(H,18,22)(H,19,23). The molecule has 0 aromatic carbocycles. The normalized spacial score (nSPS) is 10.6. The molecule has 7 nitrogen and oxygen atoms in total. The molecule has 130 valence electrons. The van der Waals surface area contributed by atoms with Crippen LogP contribution >= 0.6 is 22.7 Å². The molecule has 0 saturated heterocycles. The number of aromatic nitrogens is 3. The summed E-state index contributed by atoms with van der Waals surface area (Å²) in [5, 5.41) is 8.94. The molecule has 3 rings (SSSR count). The second-order valence-corrected chi connectivity index (χ2v) is 7.28. The van der Waals surface area contributed by atoms with Crippen molar-refractivity contribution in [3.63, 3.8) is 0 Å². The summed E-state index contributed by atoms with van der Waals surface area (Å²) < 4.78 is 1.59. The summed E-state index contributed by atoms with van der Waals surface area (Å²) in [5.41, 5.74) is 7.23. The molecule has 0 aliphatic carbocycles. The van der Waals surface area contributed by atoms with Gasteiger partial charge in [-0.2, -0.15) is 5.10 Å². The van der Waals surface area contributed by atoms with Crippen LogP contribution in [0.25, 0.3) is 9.88 Å². The lowest BCUT2D eigenvalue weighted by atomic mass is 10.3. The van der Waals surface area contributed by atoms with Crippen LogP contribution in [0.1, 0.15) is 17.1 Å². The first-order valence-electron chi connectivity index (χ1n) is 7.58. The van der Waals surface area contributed by atoms with Gasteiger partial charge >= 0.3 is 0 Å². The Hall–Kier alpha value is -2.52. The van der Waals surface area contributed by atoms with E-state index >= 15 is 0 Å². The molecule has 0 bridgehead atoms. The highest BCUT2D eigenvalue weighted by Gasteiger charge is 2.11. The Balaban J connectivity index is 1.48. The Morgan fingerprint density at radius 1 is 1.20 bits per heavy atom. The second kappa shape index (κ2) is 7.58. The highest BCUT2D eigenvalue weighted by Crippen LogP contribution is 2.27. The third kappa shape index (κ3) is 4.52. The van der Waals surface area contributed by atoms with Gasteiger partial charge in [-0.25, -0.2) is 4.98 Å². The number of thiazole rings is 1. The average Bonchev–Trinajstić information content (AvgIpc) is 3.27. The zero-order chi connectivity index (χ0) is 17.8. The lowest BCUT2D eigenvalue weighted by Crippen LogP contribution is -2.44. The van der Waals surface area contributed by atoms with Gasteiger partial charge in [0.2, 0.25) is 5.91 Å². The van der Waals surface area contributed by atoms with Crippen molar-refractivity contribution in [2.45, 2.75) is 26.8 Å². The van der Waals surface area contributed by atoms with Crippen molar-refractivity contribution >= 4 is 34.5 Å². The van der Waals surface area contributed by atoms with Gasteiger partial charge in [-0.1, -0.05) is 6.07 Å². The van der Waals surface area contributed by atoms with Crippen LogP contribution in [0.5, 0.6) is 0 Å². The van der Waals surface area contributed by atoms with Crippen LogP contribution in [0.2, 0.25) is 0 Å². The fourth-order valence-electron chi connectivity index (χ4n) is 2.26. The maximum absolute atomic E-state index is 12.0. The van der Waals surface area contributed by atoms with Crippen molar-refractivity contribution in [2.75, 3.05) is 0 Å². The van der Waals surface area contributed by atoms with E-state index in [1.807, 2.05) is 42.8 Å². The van der Waals surface area contributed by atoms with Gasteiger partial charge in [-0.3, -0.25) is 25.1 Å². The van der Waals surface area contributed by atoms with E-state index in [9.17, 15) is 9.59 Å². The summed E-state index contributed by atoms with van der Waals surface area (Å²) in [5.74, 6) is -0.651. The minimum absolute atomic E-state index is 0.0547. The minimum atomic E-state index is -0.336. The first-order chi connectivity index (χ1) is 12.0. The zero-order valence-electron chi connectivity index (χ0n) is 13.8. The predicted octanol–water partition coefficient (Wildman–Crippen LogP) is 2.08. The molecule has 2 amide bonds. The summed E-state index contributed by atoms with van der Waals surface area (Å²) >= 11 is 3.11. The molecule has 0 saturated carbocycles. The van der Waals surface area contributed by atoms with Crippen molar-refractivity contribution in [3.05, 3.63) is 46.0 Å². The van der Waals surface area contributed by atoms with Gasteiger partial charge < -0.3 is 0 Å². The molecule has 9 heteroatoms. The van der Waals surface area contributed by atoms with Gasteiger partial charge in [0.05, 0.1) is 22.7 Å². The minimum Gasteiger partial charge on any atom is -0.273 e. The molecule has 0 radical (unpaired) electrons. The van der Waals surface area contributed by atoms with Gasteiger partial charge in [-0.05, 0) is 31.4 Å². The Labute approximate surface area is 152 Å². The molecular weight excluding hydrogens is 358 g/mol. The van der Waals surface area contributed by atoms with Crippen molar-refractivity contribution in [3.8, 4) is 9.88 Å². The van der Waals surface area contributed by atoms with Gasteiger partial charge in [0, 0.05) is 11.1 Å². The number of amides is 2. The zero-order valence-corrected chi connectivity index (χ0v) is 15.4. The van der Waals surface area contributed by atoms with Crippen LogP contribution in [-0.4, -0.2) is 26.6 Å². The Morgan fingerprint density at radius 3 is 2.68 bits per heavy atom. The third-order valence-electron chi connectivity index (χ3n) is 3.36. The maximum atomic E-state index is 12.0. The van der Waals surface area contributed by atoms with Crippen molar-refractivity contribution in [2.24, 2.45) is 0 Å². The molecule has 0 aliphatic heterocycles. The van der Waals surface area contributed by atoms with Gasteiger partial charge in [-0.15, -0.1) is 22.7 Å². The smallest absolute Gasteiger partial charge is 0.260 e. The number of nitrogens with one attached hydrogen (secondary N) is 2. The monoisotopic (exact) mass is 375 g/mol. The van der Waals surface area contributed by atoms with E-state index in [0.717, 1.165) is 21.3 Å². The van der Waals surface area contributed by atoms with E-state index in [1.54, 1.807) is 16.0 Å². The summed E-state index contributed by atoms with van der Waals surface area (Å²) in [6.07, 6.45) is 0.113. The number of carbonyl (C=O) groups is 2. The van der Waals surface area contributed by atoms with E-state index in [1.165, 1.54) is 11.3 Å². The number of nitrogens with zero attached hydrogens (tertiary/aromatic N) is 3. The average molecular weight is 375 g/mol. The fraction of sp³-hybridized carbons (Fsp3) is 0.250. The van der Waals surface area contributed by atoms with E-state index in [4.69, 9.17) is 0 Å². The maximum Gasteiger partial charge on any atom is 0.260 e. The molecule has 0 atom stereocenters. The SMILES string of the molecule is Cc1cc(C)n(CC(=O)NNC(=O)Cc2csc(-c3cccs3)n2)n1. The van der Waals surface area contributed by atoms with Crippen molar-refractivity contribution in [1.29, 1.82) is 0 Å². The molecule has 0 spiro atoms. The number of hydrogen-bond donors (Lipinski definition) is 2. The molecule has 3 heterocycles. The van der Waals surface area contributed by atoms with Gasteiger partial charge in [0.25, 0.3) is 5.91 Å². The summed E-state index contributed by atoms with van der Waals surface area (Å²) in [6.45, 7) is 3.79. The van der Waals surface area contributed by atoms with E-state index < -0.39 is 0 Å². The number of carbonyl (C=O) groups excluding carboxylic acids is 2. The highest BCUT2D eigenvalue weighted by atomic mass is 32.1. The number of rotatable bonds is 5. The highest BCUT2D eigenvalue weighted by molar-refractivity contribution is 7.20. The van der Waals surface area contributed by atoms with E-state index in [-0.39, 0.29) is 24.8 Å². The van der Waals surface area contributed by atoms with Crippen molar-refractivity contribution < 1.29 is 9.59 Å². The van der Waals surface area contributed by atoms with Gasteiger partial charge in [0.15, 0.2) is 0 Å². The van der Waals surface area contributed by atoms with E-state index in [0.29, 0.717) is 5.69 Å². The topological polar surface area (TPSA) is 88.9 Å². The number of hydrazine groups is 1. The summed E-state index contributed by atoms with van der Waals surface area (Å²) in [7, 11) is 0. The molecule has 3 aromatic rings. The summed E-state index contributed by atoms with van der Waals surface area (Å²) in [4.78, 5) is 29.4. The Kier molecular flexibility index (Phi) is 5.25. The van der Waals surface area contributed by atoms with Crippen LogP contribution in [0.15, 0.2) is 29.0 Å². The molecule has 25 heavy (non-hydrogen) atoms. The first-order valence-corrected chi connectivity index (χ1v) is 9.34. The number of aryl methyl sites for hydroxylation is 2. The van der Waals surface area contributed by atoms with Crippen LogP contribution in [0, 0.1) is 13.8 Å². The molecular formula is C16H17N5O2S2. The lowest BCUT2D eigenvalue weighted by molar-refractivity contribution is -0.129. The Bertz CT molecular complexity index is 882. The van der Waals surface area contributed by atoms with Crippen LogP contribution in [0.3, 0.4) is 0 Å². The molecule has 0 aliphatic rings. The molecule has 0 fully saturated rings. The number of thiophene rings is 1. The van der Waals surface area contributed by atoms with Crippen LogP contribution in [-0.2, 0) is 22.6 Å². The largest absolute Gasteiger partial charge is 0.273 e. The van der Waals surface area contributed by atoms with Crippen LogP contribution < -0.4 is 10.9 Å². The molecule has 2 N–H and O–H groups in total. The van der Waals surface area contributed by atoms with Gasteiger partial charge in [0.1, 0.15) is 11.6 Å². The van der Waals surface area contributed by atoms with Crippen molar-refractivity contribution in [1.82, 2.24) is 25.6 Å². The second-order valence-electron chi connectivity index (χ2n) is 5.48.